The van der Waals surface area contributed by atoms with Gasteiger partial charge < -0.3 is 4.74 Å². The van der Waals surface area contributed by atoms with E-state index < -0.39 is 0 Å². The third-order valence-electron chi connectivity index (χ3n) is 2.09. The Balaban J connectivity index is 2.51. The van der Waals surface area contributed by atoms with Crippen LogP contribution in [-0.2, 0) is 16.0 Å². The number of rotatable bonds is 5. The maximum atomic E-state index is 11.2. The van der Waals surface area contributed by atoms with Crippen molar-refractivity contribution in [3.05, 3.63) is 35.4 Å². The van der Waals surface area contributed by atoms with Gasteiger partial charge in [-0.3, -0.25) is 9.59 Å². The maximum Gasteiger partial charge on any atom is 0.302 e. The normalized spacial score (nSPS) is 9.88. The van der Waals surface area contributed by atoms with Crippen LogP contribution >= 0.6 is 11.6 Å². The van der Waals surface area contributed by atoms with E-state index in [9.17, 15) is 9.59 Å². The molecule has 0 radical (unpaired) electrons. The Bertz CT molecular complexity index is 370. The largest absolute Gasteiger partial charge is 0.466 e. The van der Waals surface area contributed by atoms with E-state index in [1.54, 1.807) is 12.1 Å². The molecule has 16 heavy (non-hydrogen) atoms. The molecule has 0 bridgehead atoms. The lowest BCUT2D eigenvalue weighted by Crippen LogP contribution is -2.04. The lowest BCUT2D eigenvalue weighted by atomic mass is 10.1. The zero-order valence-corrected chi connectivity index (χ0v) is 9.79. The number of halogens is 1. The summed E-state index contributed by atoms with van der Waals surface area (Å²) < 4.78 is 4.82. The third-order valence-corrected chi connectivity index (χ3v) is 2.34. The molecule has 0 aliphatic rings. The van der Waals surface area contributed by atoms with Crippen LogP contribution in [-0.4, -0.2) is 24.2 Å². The fourth-order valence-electron chi connectivity index (χ4n) is 1.25. The minimum absolute atomic E-state index is 0.00715. The monoisotopic (exact) mass is 240 g/mol. The number of ketones is 1. The van der Waals surface area contributed by atoms with Gasteiger partial charge in [0.25, 0.3) is 0 Å². The minimum Gasteiger partial charge on any atom is -0.466 e. The minimum atomic E-state index is -0.283. The first kappa shape index (κ1) is 12.7. The molecule has 0 unspecified atom stereocenters. The highest BCUT2D eigenvalue weighted by Gasteiger charge is 2.03. The van der Waals surface area contributed by atoms with Crippen molar-refractivity contribution in [2.75, 3.05) is 12.5 Å². The highest BCUT2D eigenvalue weighted by Crippen LogP contribution is 2.07. The molecule has 1 aromatic carbocycles. The first-order valence-corrected chi connectivity index (χ1v) is 5.48. The van der Waals surface area contributed by atoms with Crippen molar-refractivity contribution < 1.29 is 14.3 Å². The third kappa shape index (κ3) is 4.03. The molecule has 4 heteroatoms. The number of carbonyl (C=O) groups is 2. The van der Waals surface area contributed by atoms with Gasteiger partial charge in [-0.15, -0.1) is 11.6 Å². The van der Waals surface area contributed by atoms with Gasteiger partial charge in [-0.05, 0) is 5.56 Å². The molecule has 0 spiro atoms. The van der Waals surface area contributed by atoms with Gasteiger partial charge in [-0.1, -0.05) is 24.3 Å². The van der Waals surface area contributed by atoms with Crippen molar-refractivity contribution in [1.82, 2.24) is 0 Å². The Kier molecular flexibility index (Phi) is 4.99. The number of hydrogen-bond acceptors (Lipinski definition) is 3. The van der Waals surface area contributed by atoms with Crippen molar-refractivity contribution in [2.24, 2.45) is 0 Å². The zero-order valence-electron chi connectivity index (χ0n) is 9.03. The fraction of sp³-hybridized carbons (Fsp3) is 0.333. The van der Waals surface area contributed by atoms with Crippen molar-refractivity contribution in [1.29, 1.82) is 0 Å². The molecule has 0 amide bonds. The molecule has 0 saturated carbocycles. The summed E-state index contributed by atoms with van der Waals surface area (Å²) in [6.07, 6.45) is 0.648. The lowest BCUT2D eigenvalue weighted by Gasteiger charge is -2.03. The van der Waals surface area contributed by atoms with Crippen LogP contribution in [0, 0.1) is 0 Å². The molecular formula is C12H13ClO3. The smallest absolute Gasteiger partial charge is 0.302 e. The summed E-state index contributed by atoms with van der Waals surface area (Å²) in [5.41, 5.74) is 1.62. The molecule has 86 valence electrons. The molecule has 0 aliphatic heterocycles. The van der Waals surface area contributed by atoms with Gasteiger partial charge in [0.2, 0.25) is 0 Å². The van der Waals surface area contributed by atoms with E-state index in [4.69, 9.17) is 16.3 Å². The van der Waals surface area contributed by atoms with Crippen molar-refractivity contribution in [3.8, 4) is 0 Å². The molecule has 0 aliphatic carbocycles. The van der Waals surface area contributed by atoms with Gasteiger partial charge in [0.15, 0.2) is 5.78 Å². The lowest BCUT2D eigenvalue weighted by molar-refractivity contribution is -0.140. The van der Waals surface area contributed by atoms with E-state index >= 15 is 0 Å². The number of Topliss-reactive ketones (excluding diaryl/α,β-unsaturated/α-hetero) is 1. The van der Waals surface area contributed by atoms with Crippen LogP contribution in [0.25, 0.3) is 0 Å². The van der Waals surface area contributed by atoms with Gasteiger partial charge in [0, 0.05) is 18.9 Å². The van der Waals surface area contributed by atoms with Crippen LogP contribution in [0.1, 0.15) is 22.8 Å². The number of ether oxygens (including phenoxy) is 1. The van der Waals surface area contributed by atoms with E-state index in [1.807, 2.05) is 12.1 Å². The predicted molar refractivity (Wildman–Crippen MR) is 61.8 cm³/mol. The van der Waals surface area contributed by atoms with Gasteiger partial charge in [0.05, 0.1) is 12.5 Å². The van der Waals surface area contributed by atoms with Gasteiger partial charge >= 0.3 is 5.97 Å². The average Bonchev–Trinajstić information content (AvgIpc) is 2.28. The quantitative estimate of drug-likeness (QED) is 0.450. The maximum absolute atomic E-state index is 11.2. The standard InChI is InChI=1S/C12H13ClO3/c1-9(14)16-7-6-10-2-4-11(5-3-10)12(15)8-13/h2-5H,6-8H2,1H3. The van der Waals surface area contributed by atoms with Crippen molar-refractivity contribution in [2.45, 2.75) is 13.3 Å². The van der Waals surface area contributed by atoms with Crippen LogP contribution in [0.5, 0.6) is 0 Å². The number of benzene rings is 1. The van der Waals surface area contributed by atoms with E-state index in [0.717, 1.165) is 5.56 Å². The predicted octanol–water partition coefficient (Wildman–Crippen LogP) is 2.21. The SMILES string of the molecule is CC(=O)OCCc1ccc(C(=O)CCl)cc1. The van der Waals surface area contributed by atoms with E-state index in [0.29, 0.717) is 18.6 Å². The Morgan fingerprint density at radius 1 is 1.25 bits per heavy atom. The fourth-order valence-corrected chi connectivity index (χ4v) is 1.40. The van der Waals surface area contributed by atoms with Gasteiger partial charge in [0.1, 0.15) is 0 Å². The summed E-state index contributed by atoms with van der Waals surface area (Å²) in [4.78, 5) is 21.8. The topological polar surface area (TPSA) is 43.4 Å². The highest BCUT2D eigenvalue weighted by atomic mass is 35.5. The summed E-state index contributed by atoms with van der Waals surface area (Å²) in [5, 5.41) is 0. The Morgan fingerprint density at radius 3 is 2.38 bits per heavy atom. The zero-order chi connectivity index (χ0) is 12.0. The molecule has 0 N–H and O–H groups in total. The second kappa shape index (κ2) is 6.28. The first-order valence-electron chi connectivity index (χ1n) is 4.95. The summed E-state index contributed by atoms with van der Waals surface area (Å²) >= 11 is 5.44. The molecule has 0 atom stereocenters. The van der Waals surface area contributed by atoms with E-state index in [2.05, 4.69) is 0 Å². The number of carbonyl (C=O) groups excluding carboxylic acids is 2. The van der Waals surface area contributed by atoms with Crippen molar-refractivity contribution >= 4 is 23.4 Å². The number of esters is 1. The van der Waals surface area contributed by atoms with Crippen LogP contribution in [0.4, 0.5) is 0 Å². The van der Waals surface area contributed by atoms with Crippen molar-refractivity contribution in [3.63, 3.8) is 0 Å². The molecule has 3 nitrogen and oxygen atoms in total. The summed E-state index contributed by atoms with van der Waals surface area (Å²) in [6.45, 7) is 1.74. The molecule has 0 aromatic heterocycles. The second-order valence-corrected chi connectivity index (χ2v) is 3.61. The molecule has 0 fully saturated rings. The number of alkyl halides is 1. The molecule has 0 saturated heterocycles. The Labute approximate surface area is 99.4 Å². The van der Waals surface area contributed by atoms with Crippen LogP contribution < -0.4 is 0 Å². The second-order valence-electron chi connectivity index (χ2n) is 3.34. The van der Waals surface area contributed by atoms with E-state index in [-0.39, 0.29) is 17.6 Å². The van der Waals surface area contributed by atoms with Crippen LogP contribution in [0.3, 0.4) is 0 Å². The molecule has 0 heterocycles. The highest BCUT2D eigenvalue weighted by molar-refractivity contribution is 6.30. The van der Waals surface area contributed by atoms with Gasteiger partial charge in [-0.2, -0.15) is 0 Å². The Hall–Kier alpha value is -1.35. The average molecular weight is 241 g/mol. The van der Waals surface area contributed by atoms with E-state index in [1.165, 1.54) is 6.92 Å². The summed E-state index contributed by atoms with van der Waals surface area (Å²) in [5.74, 6) is -0.380. The molecular weight excluding hydrogens is 228 g/mol. The summed E-state index contributed by atoms with van der Waals surface area (Å²) in [6, 6.07) is 7.13. The first-order chi connectivity index (χ1) is 7.63. The molecule has 1 rings (SSSR count). The number of hydrogen-bond donors (Lipinski definition) is 0. The summed E-state index contributed by atoms with van der Waals surface area (Å²) in [7, 11) is 0. The van der Waals surface area contributed by atoms with Crippen LogP contribution in [0.2, 0.25) is 0 Å². The van der Waals surface area contributed by atoms with Crippen LogP contribution in [0.15, 0.2) is 24.3 Å². The van der Waals surface area contributed by atoms with Gasteiger partial charge in [-0.25, -0.2) is 0 Å². The molecule has 1 aromatic rings. The Morgan fingerprint density at radius 2 is 1.88 bits per heavy atom.